The van der Waals surface area contributed by atoms with Crippen LogP contribution in [0.5, 0.6) is 0 Å². The largest absolute Gasteiger partial charge is 0.328 e. The van der Waals surface area contributed by atoms with E-state index in [2.05, 4.69) is 11.4 Å². The van der Waals surface area contributed by atoms with Crippen molar-refractivity contribution in [2.24, 2.45) is 0 Å². The summed E-state index contributed by atoms with van der Waals surface area (Å²) in [6.45, 7) is 4.80. The molecule has 0 radical (unpaired) electrons. The standard InChI is InChI=1S/C12H16N2OS/c1-10(2)14-8-7-13(12(14)15)6-5-11-4-3-9-16-11/h3-4,7-10H,5-6H2,1-2H3. The molecule has 2 heterocycles. The van der Waals surface area contributed by atoms with Crippen molar-refractivity contribution in [3.05, 3.63) is 45.3 Å². The summed E-state index contributed by atoms with van der Waals surface area (Å²) in [6, 6.07) is 4.38. The van der Waals surface area contributed by atoms with E-state index in [1.807, 2.05) is 32.3 Å². The van der Waals surface area contributed by atoms with Gasteiger partial charge in [0.25, 0.3) is 0 Å². The van der Waals surface area contributed by atoms with Gasteiger partial charge < -0.3 is 0 Å². The maximum atomic E-state index is 11.9. The van der Waals surface area contributed by atoms with Crippen LogP contribution in [0, 0.1) is 0 Å². The smallest absolute Gasteiger partial charge is 0.299 e. The molecule has 0 spiro atoms. The molecule has 0 aliphatic heterocycles. The number of hydrogen-bond donors (Lipinski definition) is 0. The van der Waals surface area contributed by atoms with Crippen LogP contribution in [-0.2, 0) is 13.0 Å². The summed E-state index contributed by atoms with van der Waals surface area (Å²) < 4.78 is 3.54. The third-order valence-electron chi connectivity index (χ3n) is 2.61. The van der Waals surface area contributed by atoms with Crippen LogP contribution < -0.4 is 5.69 Å². The molecule has 2 aromatic rings. The van der Waals surface area contributed by atoms with E-state index in [-0.39, 0.29) is 11.7 Å². The molecule has 16 heavy (non-hydrogen) atoms. The Morgan fingerprint density at radius 2 is 2.19 bits per heavy atom. The number of nitrogens with zero attached hydrogens (tertiary/aromatic N) is 2. The number of aryl methyl sites for hydroxylation is 2. The molecule has 0 atom stereocenters. The van der Waals surface area contributed by atoms with E-state index in [0.29, 0.717) is 0 Å². The zero-order valence-corrected chi connectivity index (χ0v) is 10.4. The molecule has 0 fully saturated rings. The molecule has 86 valence electrons. The van der Waals surface area contributed by atoms with Gasteiger partial charge in [-0.05, 0) is 31.7 Å². The summed E-state index contributed by atoms with van der Waals surface area (Å²) in [5.74, 6) is 0. The lowest BCUT2D eigenvalue weighted by atomic mass is 10.3. The van der Waals surface area contributed by atoms with Crippen LogP contribution in [0.3, 0.4) is 0 Å². The van der Waals surface area contributed by atoms with Crippen molar-refractivity contribution in [3.63, 3.8) is 0 Å². The highest BCUT2D eigenvalue weighted by Gasteiger charge is 2.05. The fourth-order valence-corrected chi connectivity index (χ4v) is 2.38. The quantitative estimate of drug-likeness (QED) is 0.801. The van der Waals surface area contributed by atoms with Crippen LogP contribution in [0.15, 0.2) is 34.7 Å². The molecule has 2 rings (SSSR count). The van der Waals surface area contributed by atoms with Crippen molar-refractivity contribution in [1.82, 2.24) is 9.13 Å². The molecule has 0 aliphatic carbocycles. The summed E-state index contributed by atoms with van der Waals surface area (Å²) in [5.41, 5.74) is 0.0894. The van der Waals surface area contributed by atoms with Crippen LogP contribution in [0.2, 0.25) is 0 Å². The van der Waals surface area contributed by atoms with E-state index in [1.165, 1.54) is 4.88 Å². The Hall–Kier alpha value is -1.29. The lowest BCUT2D eigenvalue weighted by molar-refractivity contribution is 0.551. The first-order chi connectivity index (χ1) is 7.68. The van der Waals surface area contributed by atoms with E-state index >= 15 is 0 Å². The maximum absolute atomic E-state index is 11.9. The molecule has 3 nitrogen and oxygen atoms in total. The summed E-state index contributed by atoms with van der Waals surface area (Å²) in [7, 11) is 0. The van der Waals surface area contributed by atoms with Crippen molar-refractivity contribution < 1.29 is 0 Å². The second kappa shape index (κ2) is 4.70. The Balaban J connectivity index is 2.08. The van der Waals surface area contributed by atoms with Gasteiger partial charge in [-0.25, -0.2) is 4.79 Å². The molecule has 0 amide bonds. The van der Waals surface area contributed by atoms with Crippen molar-refractivity contribution in [3.8, 4) is 0 Å². The highest BCUT2D eigenvalue weighted by atomic mass is 32.1. The first kappa shape index (κ1) is 11.2. The van der Waals surface area contributed by atoms with Crippen molar-refractivity contribution in [2.45, 2.75) is 32.9 Å². The maximum Gasteiger partial charge on any atom is 0.328 e. The Kier molecular flexibility index (Phi) is 3.29. The number of imidazole rings is 1. The molecule has 0 saturated carbocycles. The van der Waals surface area contributed by atoms with Crippen molar-refractivity contribution in [2.75, 3.05) is 0 Å². The fourth-order valence-electron chi connectivity index (χ4n) is 1.68. The number of thiophene rings is 1. The van der Waals surface area contributed by atoms with E-state index in [4.69, 9.17) is 0 Å². The predicted molar refractivity (Wildman–Crippen MR) is 67.1 cm³/mol. The monoisotopic (exact) mass is 236 g/mol. The summed E-state index contributed by atoms with van der Waals surface area (Å²) in [6.07, 6.45) is 4.66. The average molecular weight is 236 g/mol. The lowest BCUT2D eigenvalue weighted by Crippen LogP contribution is -2.25. The predicted octanol–water partition coefficient (Wildman–Crippen LogP) is 2.53. The molecule has 0 unspecified atom stereocenters. The van der Waals surface area contributed by atoms with Crippen molar-refractivity contribution >= 4 is 11.3 Å². The molecule has 0 aromatic carbocycles. The Bertz CT molecular complexity index is 493. The minimum absolute atomic E-state index is 0.0894. The van der Waals surface area contributed by atoms with Gasteiger partial charge in [-0.3, -0.25) is 9.13 Å². The Morgan fingerprint density at radius 1 is 1.38 bits per heavy atom. The first-order valence-electron chi connectivity index (χ1n) is 5.48. The minimum atomic E-state index is 0.0894. The third kappa shape index (κ3) is 2.27. The van der Waals surface area contributed by atoms with Crippen LogP contribution in [0.25, 0.3) is 0 Å². The minimum Gasteiger partial charge on any atom is -0.299 e. The Morgan fingerprint density at radius 3 is 2.75 bits per heavy atom. The summed E-state index contributed by atoms with van der Waals surface area (Å²) in [5, 5.41) is 2.07. The average Bonchev–Trinajstić information content (AvgIpc) is 2.84. The van der Waals surface area contributed by atoms with Crippen LogP contribution in [-0.4, -0.2) is 9.13 Å². The zero-order valence-electron chi connectivity index (χ0n) is 9.59. The van der Waals surface area contributed by atoms with Crippen LogP contribution >= 0.6 is 11.3 Å². The van der Waals surface area contributed by atoms with E-state index < -0.39 is 0 Å². The molecule has 4 heteroatoms. The van der Waals surface area contributed by atoms with Gasteiger partial charge in [0.2, 0.25) is 0 Å². The molecule has 0 saturated heterocycles. The first-order valence-corrected chi connectivity index (χ1v) is 6.36. The van der Waals surface area contributed by atoms with Gasteiger partial charge in [-0.1, -0.05) is 6.07 Å². The lowest BCUT2D eigenvalue weighted by Gasteiger charge is -2.04. The molecule has 0 N–H and O–H groups in total. The second-order valence-corrected chi connectivity index (χ2v) is 5.14. The van der Waals surface area contributed by atoms with Gasteiger partial charge in [0.15, 0.2) is 0 Å². The highest BCUT2D eigenvalue weighted by Crippen LogP contribution is 2.09. The van der Waals surface area contributed by atoms with Gasteiger partial charge in [-0.2, -0.15) is 0 Å². The van der Waals surface area contributed by atoms with Gasteiger partial charge >= 0.3 is 5.69 Å². The van der Waals surface area contributed by atoms with Crippen LogP contribution in [0.1, 0.15) is 24.8 Å². The number of aromatic nitrogens is 2. The van der Waals surface area contributed by atoms with Crippen LogP contribution in [0.4, 0.5) is 0 Å². The van der Waals surface area contributed by atoms with E-state index in [0.717, 1.165) is 13.0 Å². The topological polar surface area (TPSA) is 26.9 Å². The second-order valence-electron chi connectivity index (χ2n) is 4.10. The number of hydrogen-bond acceptors (Lipinski definition) is 2. The third-order valence-corrected chi connectivity index (χ3v) is 3.55. The SMILES string of the molecule is CC(C)n1ccn(CCc2cccs2)c1=O. The van der Waals surface area contributed by atoms with Gasteiger partial charge in [-0.15, -0.1) is 11.3 Å². The van der Waals surface area contributed by atoms with Gasteiger partial charge in [0.05, 0.1) is 0 Å². The van der Waals surface area contributed by atoms with E-state index in [1.54, 1.807) is 20.5 Å². The zero-order chi connectivity index (χ0) is 11.5. The molecule has 0 bridgehead atoms. The summed E-state index contributed by atoms with van der Waals surface area (Å²) in [4.78, 5) is 13.2. The molecular formula is C12H16N2OS. The van der Waals surface area contributed by atoms with Gasteiger partial charge in [0.1, 0.15) is 0 Å². The molecular weight excluding hydrogens is 220 g/mol. The molecule has 2 aromatic heterocycles. The number of rotatable bonds is 4. The normalized spacial score (nSPS) is 11.2. The fraction of sp³-hybridized carbons (Fsp3) is 0.417. The molecule has 0 aliphatic rings. The van der Waals surface area contributed by atoms with Crippen molar-refractivity contribution in [1.29, 1.82) is 0 Å². The highest BCUT2D eigenvalue weighted by molar-refractivity contribution is 7.09. The Labute approximate surface area is 99.0 Å². The summed E-state index contributed by atoms with van der Waals surface area (Å²) >= 11 is 1.74. The van der Waals surface area contributed by atoms with E-state index in [9.17, 15) is 4.79 Å². The van der Waals surface area contributed by atoms with Gasteiger partial charge in [0, 0.05) is 29.9 Å².